The molecular weight excluding hydrogens is 278 g/mol. The van der Waals surface area contributed by atoms with Crippen LogP contribution in [0.25, 0.3) is 0 Å². The summed E-state index contributed by atoms with van der Waals surface area (Å²) in [7, 11) is -0.467. The van der Waals surface area contributed by atoms with E-state index in [0.717, 1.165) is 6.42 Å². The monoisotopic (exact) mass is 307 g/mol. The summed E-state index contributed by atoms with van der Waals surface area (Å²) < 4.78 is 0. The molecule has 2 nitrogen and oxygen atoms in total. The Labute approximate surface area is 126 Å². The summed E-state index contributed by atoms with van der Waals surface area (Å²) in [5, 5.41) is 3.69. The van der Waals surface area contributed by atoms with Gasteiger partial charge < -0.3 is 0 Å². The smallest absolute Gasteiger partial charge is 0.0813 e. The first kappa shape index (κ1) is 16.0. The molecule has 1 aromatic rings. The van der Waals surface area contributed by atoms with E-state index in [1.165, 1.54) is 5.56 Å². The minimum absolute atomic E-state index is 0.426. The second-order valence-corrected chi connectivity index (χ2v) is 18.5. The Bertz CT molecular complexity index is 476. The highest BCUT2D eigenvalue weighted by molar-refractivity contribution is 6.89. The summed E-state index contributed by atoms with van der Waals surface area (Å²) in [6, 6.07) is 9.43. The molecule has 0 N–H and O–H groups in total. The lowest BCUT2D eigenvalue weighted by atomic mass is 10.0. The van der Waals surface area contributed by atoms with Gasteiger partial charge in [-0.05, 0) is 12.0 Å². The van der Waals surface area contributed by atoms with Gasteiger partial charge in [-0.3, -0.25) is 4.84 Å². The Morgan fingerprint density at radius 1 is 1.05 bits per heavy atom. The van der Waals surface area contributed by atoms with E-state index >= 15 is 0 Å². The van der Waals surface area contributed by atoms with Gasteiger partial charge in [0.2, 0.25) is 0 Å². The second-order valence-electron chi connectivity index (χ2n) is 8.10. The van der Waals surface area contributed by atoms with E-state index in [4.69, 9.17) is 4.84 Å². The summed E-state index contributed by atoms with van der Waals surface area (Å²) in [5.74, 6) is 0. The third kappa shape index (κ3) is 3.24. The maximum absolute atomic E-state index is 6.17. The first-order valence-corrected chi connectivity index (χ1v) is 14.7. The number of benzene rings is 1. The van der Waals surface area contributed by atoms with Gasteiger partial charge in [0.25, 0.3) is 0 Å². The van der Waals surface area contributed by atoms with Gasteiger partial charge in [-0.2, -0.15) is 5.06 Å². The van der Waals surface area contributed by atoms with Crippen molar-refractivity contribution in [3.8, 4) is 0 Å². The van der Waals surface area contributed by atoms with Crippen molar-refractivity contribution in [2.45, 2.75) is 57.5 Å². The predicted molar refractivity (Wildman–Crippen MR) is 92.8 cm³/mol. The molecule has 0 spiro atoms. The van der Waals surface area contributed by atoms with Crippen molar-refractivity contribution < 1.29 is 4.84 Å². The van der Waals surface area contributed by atoms with Gasteiger partial charge in [0, 0.05) is 7.05 Å². The van der Waals surface area contributed by atoms with Gasteiger partial charge in [0.05, 0.1) is 27.9 Å². The van der Waals surface area contributed by atoms with E-state index in [9.17, 15) is 0 Å². The molecule has 1 heterocycles. The van der Waals surface area contributed by atoms with Crippen LogP contribution in [-0.4, -0.2) is 34.0 Å². The molecule has 1 aliphatic rings. The molecule has 2 rings (SSSR count). The lowest BCUT2D eigenvalue weighted by Gasteiger charge is -2.26. The van der Waals surface area contributed by atoms with E-state index in [0.29, 0.717) is 11.8 Å². The summed E-state index contributed by atoms with van der Waals surface area (Å²) >= 11 is 0. The molecule has 0 unspecified atom stereocenters. The maximum Gasteiger partial charge on any atom is 0.0813 e. The van der Waals surface area contributed by atoms with Gasteiger partial charge in [0.15, 0.2) is 0 Å². The average molecular weight is 308 g/mol. The van der Waals surface area contributed by atoms with Gasteiger partial charge in [-0.1, -0.05) is 68.7 Å². The van der Waals surface area contributed by atoms with Crippen LogP contribution in [0, 0.1) is 0 Å². The zero-order valence-electron chi connectivity index (χ0n) is 14.0. The molecule has 1 aromatic carbocycles. The van der Waals surface area contributed by atoms with Crippen LogP contribution in [0.15, 0.2) is 24.3 Å². The van der Waals surface area contributed by atoms with Crippen LogP contribution in [0.5, 0.6) is 0 Å². The van der Waals surface area contributed by atoms with Crippen molar-refractivity contribution in [1.82, 2.24) is 5.06 Å². The maximum atomic E-state index is 6.17. The summed E-state index contributed by atoms with van der Waals surface area (Å²) in [6.07, 6.45) is 1.15. The molecular formula is C16H29NOSi2. The van der Waals surface area contributed by atoms with E-state index < -0.39 is 16.1 Å². The molecule has 1 fully saturated rings. The summed E-state index contributed by atoms with van der Waals surface area (Å²) in [6.45, 7) is 14.5. The molecule has 0 bridgehead atoms. The first-order chi connectivity index (χ1) is 9.10. The van der Waals surface area contributed by atoms with Crippen molar-refractivity contribution >= 4 is 21.3 Å². The molecule has 112 valence electrons. The third-order valence-electron chi connectivity index (χ3n) is 4.26. The number of hydroxylamine groups is 2. The van der Waals surface area contributed by atoms with Crippen molar-refractivity contribution in [3.63, 3.8) is 0 Å². The standard InChI is InChI=1S/C16H29NOSi2/c1-17-14(12-16(18-17)20(5,6)7)13-10-8-9-11-15(13)19(2,3)4/h8-11,14,16H,12H2,1-7H3/t14-,16+/m0/s1. The minimum atomic E-state index is -1.31. The van der Waals surface area contributed by atoms with E-state index in [1.54, 1.807) is 5.19 Å². The molecule has 20 heavy (non-hydrogen) atoms. The topological polar surface area (TPSA) is 12.5 Å². The molecule has 0 amide bonds. The number of hydrogen-bond donors (Lipinski definition) is 0. The molecule has 0 saturated carbocycles. The van der Waals surface area contributed by atoms with Crippen molar-refractivity contribution in [3.05, 3.63) is 29.8 Å². The van der Waals surface area contributed by atoms with Gasteiger partial charge >= 0.3 is 0 Å². The van der Waals surface area contributed by atoms with Gasteiger partial charge in [0.1, 0.15) is 0 Å². The Hall–Kier alpha value is -0.426. The Balaban J connectivity index is 2.34. The molecule has 0 aromatic heterocycles. The van der Waals surface area contributed by atoms with Crippen LogP contribution in [0.4, 0.5) is 0 Å². The molecule has 0 aliphatic carbocycles. The number of nitrogens with zero attached hydrogens (tertiary/aromatic N) is 1. The zero-order valence-corrected chi connectivity index (χ0v) is 16.0. The van der Waals surface area contributed by atoms with Crippen LogP contribution in [0.1, 0.15) is 18.0 Å². The molecule has 1 aliphatic heterocycles. The van der Waals surface area contributed by atoms with Crippen LogP contribution < -0.4 is 5.19 Å². The SMILES string of the molecule is CN1O[C@H]([Si](C)(C)C)C[C@H]1c1ccccc1[Si](C)(C)C. The summed E-state index contributed by atoms with van der Waals surface area (Å²) in [5.41, 5.74) is 1.93. The highest BCUT2D eigenvalue weighted by Gasteiger charge is 2.41. The summed E-state index contributed by atoms with van der Waals surface area (Å²) in [4.78, 5) is 6.17. The van der Waals surface area contributed by atoms with Gasteiger partial charge in [-0.15, -0.1) is 0 Å². The fourth-order valence-corrected chi connectivity index (χ4v) is 6.10. The molecule has 0 radical (unpaired) electrons. The second kappa shape index (κ2) is 5.41. The van der Waals surface area contributed by atoms with Gasteiger partial charge in [-0.25, -0.2) is 0 Å². The van der Waals surface area contributed by atoms with Crippen molar-refractivity contribution in [1.29, 1.82) is 0 Å². The quantitative estimate of drug-likeness (QED) is 0.788. The molecule has 1 saturated heterocycles. The van der Waals surface area contributed by atoms with Crippen LogP contribution in [0.2, 0.25) is 39.3 Å². The average Bonchev–Trinajstić information content (AvgIpc) is 2.70. The Morgan fingerprint density at radius 2 is 1.65 bits per heavy atom. The zero-order chi connectivity index (χ0) is 15.1. The van der Waals surface area contributed by atoms with Crippen molar-refractivity contribution in [2.75, 3.05) is 7.05 Å². The highest BCUT2D eigenvalue weighted by Crippen LogP contribution is 2.36. The molecule has 4 heteroatoms. The van der Waals surface area contributed by atoms with Crippen LogP contribution in [-0.2, 0) is 4.84 Å². The van der Waals surface area contributed by atoms with E-state index in [-0.39, 0.29) is 0 Å². The highest BCUT2D eigenvalue weighted by atomic mass is 28.3. The van der Waals surface area contributed by atoms with Crippen molar-refractivity contribution in [2.24, 2.45) is 0 Å². The van der Waals surface area contributed by atoms with E-state index in [1.807, 2.05) is 0 Å². The molecule has 2 atom stereocenters. The van der Waals surface area contributed by atoms with Crippen LogP contribution >= 0.6 is 0 Å². The fourth-order valence-electron chi connectivity index (χ4n) is 2.97. The fraction of sp³-hybridized carbons (Fsp3) is 0.625. The lowest BCUT2D eigenvalue weighted by molar-refractivity contribution is -0.125. The van der Waals surface area contributed by atoms with Crippen LogP contribution in [0.3, 0.4) is 0 Å². The number of hydrogen-bond acceptors (Lipinski definition) is 2. The Kier molecular flexibility index (Phi) is 4.31. The number of rotatable bonds is 3. The van der Waals surface area contributed by atoms with E-state index in [2.05, 4.69) is 75.7 Å². The Morgan fingerprint density at radius 3 is 2.15 bits per heavy atom. The first-order valence-electron chi connectivity index (χ1n) is 7.59. The largest absolute Gasteiger partial charge is 0.299 e. The third-order valence-corrected chi connectivity index (χ3v) is 8.61. The normalized spacial score (nSPS) is 25.1. The lowest BCUT2D eigenvalue weighted by Crippen LogP contribution is -2.41. The predicted octanol–water partition coefficient (Wildman–Crippen LogP) is 3.79. The minimum Gasteiger partial charge on any atom is -0.299 e.